The van der Waals surface area contributed by atoms with Gasteiger partial charge in [-0.15, -0.1) is 0 Å². The minimum Gasteiger partial charge on any atom is -0.358 e. The van der Waals surface area contributed by atoms with Crippen molar-refractivity contribution in [2.75, 3.05) is 16.8 Å². The number of benzene rings is 1. The topological polar surface area (TPSA) is 63.1 Å². The third-order valence-electron chi connectivity index (χ3n) is 4.18. The molecule has 0 saturated carbocycles. The van der Waals surface area contributed by atoms with Gasteiger partial charge >= 0.3 is 0 Å². The number of aromatic nitrogens is 3. The average molecular weight is 325 g/mol. The molecule has 1 aromatic carbocycles. The Morgan fingerprint density at radius 3 is 2.92 bits per heavy atom. The van der Waals surface area contributed by atoms with E-state index in [0.717, 1.165) is 11.1 Å². The van der Waals surface area contributed by atoms with E-state index in [1.54, 1.807) is 27.9 Å². The summed E-state index contributed by atoms with van der Waals surface area (Å²) in [5, 5.41) is 8.12. The summed E-state index contributed by atoms with van der Waals surface area (Å²) in [6, 6.07) is 7.81. The first-order chi connectivity index (χ1) is 11.6. The molecule has 4 rings (SSSR count). The summed E-state index contributed by atoms with van der Waals surface area (Å²) >= 11 is 0. The summed E-state index contributed by atoms with van der Waals surface area (Å²) in [4.78, 5) is 18.7. The summed E-state index contributed by atoms with van der Waals surface area (Å²) < 4.78 is 15.0. The third-order valence-corrected chi connectivity index (χ3v) is 4.18. The summed E-state index contributed by atoms with van der Waals surface area (Å²) in [6.07, 6.45) is 4.17. The van der Waals surface area contributed by atoms with E-state index in [4.69, 9.17) is 0 Å². The standard InChI is InChI=1S/C17H16FN5O/c1-22-10-13(9-19-22)23-7-6-14(17(23)24)20-16-5-3-11-2-4-12(18)8-15(11)21-16/h2-5,8-10,14H,6-7H2,1H3,(H,20,21). The highest BCUT2D eigenvalue weighted by Gasteiger charge is 2.33. The predicted molar refractivity (Wildman–Crippen MR) is 89.3 cm³/mol. The quantitative estimate of drug-likeness (QED) is 0.803. The van der Waals surface area contributed by atoms with Gasteiger partial charge in [0.2, 0.25) is 5.91 Å². The maximum absolute atomic E-state index is 13.3. The third kappa shape index (κ3) is 2.58. The van der Waals surface area contributed by atoms with Gasteiger partial charge in [-0.05, 0) is 30.7 Å². The highest BCUT2D eigenvalue weighted by Crippen LogP contribution is 2.23. The number of pyridine rings is 1. The fourth-order valence-corrected chi connectivity index (χ4v) is 2.97. The molecule has 24 heavy (non-hydrogen) atoms. The molecule has 0 bridgehead atoms. The van der Waals surface area contributed by atoms with Crippen LogP contribution in [-0.2, 0) is 11.8 Å². The van der Waals surface area contributed by atoms with Gasteiger partial charge in [-0.25, -0.2) is 9.37 Å². The van der Waals surface area contributed by atoms with E-state index in [1.165, 1.54) is 12.1 Å². The van der Waals surface area contributed by atoms with Crippen LogP contribution in [0.4, 0.5) is 15.9 Å². The average Bonchev–Trinajstić information content (AvgIpc) is 3.14. The fraction of sp³-hybridized carbons (Fsp3) is 0.235. The summed E-state index contributed by atoms with van der Waals surface area (Å²) in [6.45, 7) is 0.629. The number of amides is 1. The number of hydrogen-bond acceptors (Lipinski definition) is 4. The van der Waals surface area contributed by atoms with Crippen LogP contribution in [0.2, 0.25) is 0 Å². The van der Waals surface area contributed by atoms with Gasteiger partial charge in [0.1, 0.15) is 17.7 Å². The SMILES string of the molecule is Cn1cc(N2CCC(Nc3ccc4ccc(F)cc4n3)C2=O)cn1. The summed E-state index contributed by atoms with van der Waals surface area (Å²) in [5.41, 5.74) is 1.36. The van der Waals surface area contributed by atoms with Gasteiger partial charge in [0.25, 0.3) is 0 Å². The number of halogens is 1. The maximum atomic E-state index is 13.3. The molecule has 122 valence electrons. The molecule has 0 aliphatic carbocycles. The zero-order valence-electron chi connectivity index (χ0n) is 13.1. The van der Waals surface area contributed by atoms with Gasteiger partial charge in [-0.2, -0.15) is 5.10 Å². The van der Waals surface area contributed by atoms with Gasteiger partial charge in [0, 0.05) is 31.2 Å². The van der Waals surface area contributed by atoms with Crippen molar-refractivity contribution in [1.82, 2.24) is 14.8 Å². The maximum Gasteiger partial charge on any atom is 0.249 e. The van der Waals surface area contributed by atoms with Crippen LogP contribution in [0.25, 0.3) is 10.9 Å². The highest BCUT2D eigenvalue weighted by molar-refractivity contribution is 6.00. The lowest BCUT2D eigenvalue weighted by molar-refractivity contribution is -0.117. The van der Waals surface area contributed by atoms with Crippen LogP contribution in [0.15, 0.2) is 42.7 Å². The molecule has 1 unspecified atom stereocenters. The Labute approximate surface area is 137 Å². The number of carbonyl (C=O) groups excluding carboxylic acids is 1. The lowest BCUT2D eigenvalue weighted by Crippen LogP contribution is -2.33. The zero-order valence-corrected chi connectivity index (χ0v) is 13.1. The van der Waals surface area contributed by atoms with E-state index in [9.17, 15) is 9.18 Å². The van der Waals surface area contributed by atoms with Gasteiger partial charge < -0.3 is 10.2 Å². The highest BCUT2D eigenvalue weighted by atomic mass is 19.1. The smallest absolute Gasteiger partial charge is 0.249 e. The second kappa shape index (κ2) is 5.59. The Kier molecular flexibility index (Phi) is 3.41. The number of carbonyl (C=O) groups is 1. The number of fused-ring (bicyclic) bond motifs is 1. The molecule has 0 spiro atoms. The molecule has 1 aliphatic heterocycles. The number of anilines is 2. The van der Waals surface area contributed by atoms with Gasteiger partial charge in [-0.1, -0.05) is 0 Å². The molecule has 2 aromatic heterocycles. The lowest BCUT2D eigenvalue weighted by atomic mass is 10.2. The molecule has 3 aromatic rings. The summed E-state index contributed by atoms with van der Waals surface area (Å²) in [5.74, 6) is 0.232. The van der Waals surface area contributed by atoms with Crippen LogP contribution in [0.5, 0.6) is 0 Å². The van der Waals surface area contributed by atoms with Crippen molar-refractivity contribution in [3.63, 3.8) is 0 Å². The number of nitrogens with zero attached hydrogens (tertiary/aromatic N) is 4. The van der Waals surface area contributed by atoms with Crippen molar-refractivity contribution >= 4 is 28.3 Å². The van der Waals surface area contributed by atoms with Crippen molar-refractivity contribution in [3.05, 3.63) is 48.5 Å². The van der Waals surface area contributed by atoms with Crippen molar-refractivity contribution in [2.45, 2.75) is 12.5 Å². The molecule has 1 aliphatic rings. The van der Waals surface area contributed by atoms with Crippen LogP contribution in [0.1, 0.15) is 6.42 Å². The number of nitrogens with one attached hydrogen (secondary N) is 1. The minimum absolute atomic E-state index is 0.0101. The molecule has 1 amide bonds. The van der Waals surface area contributed by atoms with Gasteiger partial charge in [-0.3, -0.25) is 9.48 Å². The fourth-order valence-electron chi connectivity index (χ4n) is 2.97. The summed E-state index contributed by atoms with van der Waals surface area (Å²) in [7, 11) is 1.82. The van der Waals surface area contributed by atoms with E-state index in [0.29, 0.717) is 24.3 Å². The molecule has 1 atom stereocenters. The van der Waals surface area contributed by atoms with Crippen LogP contribution < -0.4 is 10.2 Å². The Bertz CT molecular complexity index is 922. The van der Waals surface area contributed by atoms with Crippen molar-refractivity contribution < 1.29 is 9.18 Å². The normalized spacial score (nSPS) is 17.7. The van der Waals surface area contributed by atoms with Gasteiger partial charge in [0.15, 0.2) is 0 Å². The molecular weight excluding hydrogens is 309 g/mol. The molecule has 0 radical (unpaired) electrons. The lowest BCUT2D eigenvalue weighted by Gasteiger charge is -2.15. The predicted octanol–water partition coefficient (Wildman–Crippen LogP) is 2.32. The molecule has 6 nitrogen and oxygen atoms in total. The monoisotopic (exact) mass is 325 g/mol. The second-order valence-electron chi connectivity index (χ2n) is 5.88. The minimum atomic E-state index is -0.344. The van der Waals surface area contributed by atoms with E-state index in [2.05, 4.69) is 15.4 Å². The first-order valence-corrected chi connectivity index (χ1v) is 7.73. The Morgan fingerprint density at radius 1 is 1.29 bits per heavy atom. The first-order valence-electron chi connectivity index (χ1n) is 7.73. The molecule has 3 heterocycles. The Morgan fingerprint density at radius 2 is 2.12 bits per heavy atom. The van der Waals surface area contributed by atoms with Crippen molar-refractivity contribution in [3.8, 4) is 0 Å². The van der Waals surface area contributed by atoms with E-state index in [-0.39, 0.29) is 17.8 Å². The molecule has 1 fully saturated rings. The van der Waals surface area contributed by atoms with Crippen LogP contribution in [0, 0.1) is 5.82 Å². The van der Waals surface area contributed by atoms with Crippen LogP contribution in [0.3, 0.4) is 0 Å². The molecular formula is C17H16FN5O. The Balaban J connectivity index is 1.54. The molecule has 1 saturated heterocycles. The van der Waals surface area contributed by atoms with Crippen LogP contribution >= 0.6 is 0 Å². The van der Waals surface area contributed by atoms with E-state index >= 15 is 0 Å². The number of aryl methyl sites for hydroxylation is 1. The number of rotatable bonds is 3. The van der Waals surface area contributed by atoms with Crippen molar-refractivity contribution in [2.24, 2.45) is 7.05 Å². The van der Waals surface area contributed by atoms with E-state index in [1.807, 2.05) is 19.3 Å². The number of hydrogen-bond donors (Lipinski definition) is 1. The Hall–Kier alpha value is -2.96. The van der Waals surface area contributed by atoms with Crippen molar-refractivity contribution in [1.29, 1.82) is 0 Å². The molecule has 1 N–H and O–H groups in total. The van der Waals surface area contributed by atoms with E-state index < -0.39 is 0 Å². The zero-order chi connectivity index (χ0) is 16.7. The second-order valence-corrected chi connectivity index (χ2v) is 5.88. The largest absolute Gasteiger partial charge is 0.358 e. The van der Waals surface area contributed by atoms with Crippen LogP contribution in [-0.4, -0.2) is 33.3 Å². The first kappa shape index (κ1) is 14.6. The van der Waals surface area contributed by atoms with Gasteiger partial charge in [0.05, 0.1) is 17.4 Å². The molecule has 7 heteroatoms.